The van der Waals surface area contributed by atoms with Gasteiger partial charge in [0.15, 0.2) is 0 Å². The van der Waals surface area contributed by atoms with E-state index < -0.39 is 0 Å². The number of hydrogen-bond donors (Lipinski definition) is 1. The maximum atomic E-state index is 3.46. The summed E-state index contributed by atoms with van der Waals surface area (Å²) in [5.74, 6) is 1.24. The number of anilines is 1. The third-order valence-electron chi connectivity index (χ3n) is 2.88. The Kier molecular flexibility index (Phi) is 7.98. The van der Waals surface area contributed by atoms with E-state index in [1.165, 1.54) is 49.1 Å². The number of unbranched alkanes of at least 4 members (excludes halogenated alkanes) is 2. The minimum absolute atomic E-state index is 1.08. The predicted octanol–water partition coefficient (Wildman–Crippen LogP) is 4.58. The van der Waals surface area contributed by atoms with Gasteiger partial charge >= 0.3 is 0 Å². The van der Waals surface area contributed by atoms with E-state index in [-0.39, 0.29) is 0 Å². The van der Waals surface area contributed by atoms with E-state index in [1.54, 1.807) is 0 Å². The molecule has 0 amide bonds. The van der Waals surface area contributed by atoms with E-state index >= 15 is 0 Å². The third kappa shape index (κ3) is 6.62. The van der Waals surface area contributed by atoms with Crippen molar-refractivity contribution in [3.05, 3.63) is 29.8 Å². The second kappa shape index (κ2) is 9.41. The largest absolute Gasteiger partial charge is 0.385 e. The van der Waals surface area contributed by atoms with Crippen molar-refractivity contribution in [3.63, 3.8) is 0 Å². The summed E-state index contributed by atoms with van der Waals surface area (Å²) in [6.07, 6.45) is 8.58. The number of aryl methyl sites for hydroxylation is 1. The summed E-state index contributed by atoms with van der Waals surface area (Å²) < 4.78 is 0. The molecule has 0 aliphatic carbocycles. The molecule has 0 aromatic heterocycles. The van der Waals surface area contributed by atoms with Crippen LogP contribution in [0, 0.1) is 0 Å². The minimum atomic E-state index is 1.08. The zero-order valence-corrected chi connectivity index (χ0v) is 12.0. The van der Waals surface area contributed by atoms with Gasteiger partial charge in [-0.25, -0.2) is 0 Å². The Bertz CT molecular complexity index is 281. The van der Waals surface area contributed by atoms with E-state index in [2.05, 4.69) is 42.8 Å². The molecule has 1 N–H and O–H groups in total. The van der Waals surface area contributed by atoms with Crippen LogP contribution in [0.15, 0.2) is 24.3 Å². The molecule has 0 fully saturated rings. The molecule has 0 heterocycles. The molecule has 0 unspecified atom stereocenters. The van der Waals surface area contributed by atoms with Crippen LogP contribution in [0.3, 0.4) is 0 Å². The van der Waals surface area contributed by atoms with Crippen molar-refractivity contribution in [2.75, 3.05) is 23.9 Å². The Balaban J connectivity index is 2.24. The first-order chi connectivity index (χ1) is 8.36. The van der Waals surface area contributed by atoms with Crippen LogP contribution in [0.4, 0.5) is 5.69 Å². The van der Waals surface area contributed by atoms with Crippen molar-refractivity contribution in [2.45, 2.75) is 39.0 Å². The summed E-state index contributed by atoms with van der Waals surface area (Å²) in [7, 11) is 0. The van der Waals surface area contributed by atoms with E-state index in [4.69, 9.17) is 0 Å². The molecule has 2 heteroatoms. The van der Waals surface area contributed by atoms with Gasteiger partial charge in [-0.1, -0.05) is 31.9 Å². The van der Waals surface area contributed by atoms with E-state index in [1.807, 2.05) is 11.8 Å². The molecule has 0 bridgehead atoms. The van der Waals surface area contributed by atoms with Crippen LogP contribution in [0.2, 0.25) is 0 Å². The Hall–Kier alpha value is -0.630. The van der Waals surface area contributed by atoms with E-state index in [9.17, 15) is 0 Å². The third-order valence-corrected chi connectivity index (χ3v) is 3.57. The maximum absolute atomic E-state index is 3.46. The van der Waals surface area contributed by atoms with Crippen molar-refractivity contribution in [3.8, 4) is 0 Å². The Morgan fingerprint density at radius 1 is 1.06 bits per heavy atom. The van der Waals surface area contributed by atoms with Crippen LogP contribution in [0.25, 0.3) is 0 Å². The number of thioether (sulfide) groups is 1. The van der Waals surface area contributed by atoms with Gasteiger partial charge in [-0.15, -0.1) is 0 Å². The normalized spacial score (nSPS) is 10.5. The molecule has 1 rings (SSSR count). The minimum Gasteiger partial charge on any atom is -0.385 e. The molecule has 1 aromatic carbocycles. The lowest BCUT2D eigenvalue weighted by molar-refractivity contribution is 0.717. The van der Waals surface area contributed by atoms with Gasteiger partial charge in [0.05, 0.1) is 0 Å². The first-order valence-electron chi connectivity index (χ1n) is 6.68. The second-order valence-corrected chi connectivity index (χ2v) is 5.41. The maximum Gasteiger partial charge on any atom is 0.0340 e. The molecule has 17 heavy (non-hydrogen) atoms. The van der Waals surface area contributed by atoms with Gasteiger partial charge in [0, 0.05) is 12.2 Å². The highest BCUT2D eigenvalue weighted by Crippen LogP contribution is 2.12. The molecule has 0 saturated heterocycles. The molecule has 0 radical (unpaired) electrons. The molecule has 0 aliphatic heterocycles. The molecule has 1 nitrogen and oxygen atoms in total. The molecule has 0 atom stereocenters. The number of nitrogens with one attached hydrogen (secondary N) is 1. The Morgan fingerprint density at radius 3 is 2.47 bits per heavy atom. The van der Waals surface area contributed by atoms with Gasteiger partial charge in [-0.2, -0.15) is 11.8 Å². The summed E-state index contributed by atoms with van der Waals surface area (Å²) in [5, 5.41) is 3.46. The molecule has 96 valence electrons. The highest BCUT2D eigenvalue weighted by molar-refractivity contribution is 7.98. The van der Waals surface area contributed by atoms with Gasteiger partial charge in [0.1, 0.15) is 0 Å². The average Bonchev–Trinajstić information content (AvgIpc) is 2.37. The topological polar surface area (TPSA) is 12.0 Å². The van der Waals surface area contributed by atoms with Gasteiger partial charge < -0.3 is 5.32 Å². The van der Waals surface area contributed by atoms with Gasteiger partial charge in [-0.3, -0.25) is 0 Å². The summed E-state index contributed by atoms with van der Waals surface area (Å²) >= 11 is 1.91. The predicted molar refractivity (Wildman–Crippen MR) is 81.2 cm³/mol. The van der Waals surface area contributed by atoms with E-state index in [0.29, 0.717) is 0 Å². The zero-order valence-electron chi connectivity index (χ0n) is 11.2. The number of hydrogen-bond acceptors (Lipinski definition) is 2. The van der Waals surface area contributed by atoms with Crippen molar-refractivity contribution in [1.82, 2.24) is 0 Å². The molecule has 0 aliphatic rings. The standard InChI is InChI=1S/C15H25NS/c1-3-4-5-7-14-8-10-15(11-9-14)16-12-6-13-17-2/h8-11,16H,3-7,12-13H2,1-2H3. The van der Waals surface area contributed by atoms with Crippen LogP contribution in [-0.4, -0.2) is 18.6 Å². The summed E-state index contributed by atoms with van der Waals surface area (Å²) in [6, 6.07) is 8.93. The molecular weight excluding hydrogens is 226 g/mol. The monoisotopic (exact) mass is 251 g/mol. The zero-order chi connectivity index (χ0) is 12.3. The van der Waals surface area contributed by atoms with E-state index in [0.717, 1.165) is 6.54 Å². The fraction of sp³-hybridized carbons (Fsp3) is 0.600. The Labute approximate surface area is 110 Å². The van der Waals surface area contributed by atoms with Gasteiger partial charge in [-0.05, 0) is 49.0 Å². The van der Waals surface area contributed by atoms with Crippen molar-refractivity contribution >= 4 is 17.4 Å². The number of benzene rings is 1. The van der Waals surface area contributed by atoms with Crippen molar-refractivity contribution in [2.24, 2.45) is 0 Å². The van der Waals surface area contributed by atoms with Gasteiger partial charge in [0.2, 0.25) is 0 Å². The highest BCUT2D eigenvalue weighted by atomic mass is 32.2. The first kappa shape index (κ1) is 14.4. The smallest absolute Gasteiger partial charge is 0.0340 e. The van der Waals surface area contributed by atoms with Crippen LogP contribution in [-0.2, 0) is 6.42 Å². The summed E-state index contributed by atoms with van der Waals surface area (Å²) in [4.78, 5) is 0. The van der Waals surface area contributed by atoms with Crippen LogP contribution in [0.1, 0.15) is 38.2 Å². The fourth-order valence-electron chi connectivity index (χ4n) is 1.82. The van der Waals surface area contributed by atoms with Crippen LogP contribution >= 0.6 is 11.8 Å². The fourth-order valence-corrected chi connectivity index (χ4v) is 2.25. The summed E-state index contributed by atoms with van der Waals surface area (Å²) in [5.41, 5.74) is 2.72. The Morgan fingerprint density at radius 2 is 1.82 bits per heavy atom. The lowest BCUT2D eigenvalue weighted by Crippen LogP contribution is -2.02. The highest BCUT2D eigenvalue weighted by Gasteiger charge is 1.95. The number of rotatable bonds is 9. The van der Waals surface area contributed by atoms with Crippen LogP contribution in [0.5, 0.6) is 0 Å². The van der Waals surface area contributed by atoms with Gasteiger partial charge in [0.25, 0.3) is 0 Å². The molecule has 0 saturated carbocycles. The van der Waals surface area contributed by atoms with Crippen molar-refractivity contribution < 1.29 is 0 Å². The lowest BCUT2D eigenvalue weighted by Gasteiger charge is -2.07. The molecular formula is C15H25NS. The lowest BCUT2D eigenvalue weighted by atomic mass is 10.1. The van der Waals surface area contributed by atoms with Crippen molar-refractivity contribution in [1.29, 1.82) is 0 Å². The second-order valence-electron chi connectivity index (χ2n) is 4.43. The van der Waals surface area contributed by atoms with Crippen LogP contribution < -0.4 is 5.32 Å². The molecule has 0 spiro atoms. The first-order valence-corrected chi connectivity index (χ1v) is 8.08. The molecule has 1 aromatic rings. The quantitative estimate of drug-likeness (QED) is 0.645. The average molecular weight is 251 g/mol. The SMILES string of the molecule is CCCCCc1ccc(NCCCSC)cc1. The summed E-state index contributed by atoms with van der Waals surface area (Å²) in [6.45, 7) is 3.33.